The Labute approximate surface area is 127 Å². The maximum atomic E-state index is 12.1. The lowest BCUT2D eigenvalue weighted by Crippen LogP contribution is -2.66. The van der Waals surface area contributed by atoms with Gasteiger partial charge in [0, 0.05) is 42.4 Å². The molecule has 118 valence electrons. The van der Waals surface area contributed by atoms with Crippen molar-refractivity contribution in [1.29, 1.82) is 0 Å². The predicted molar refractivity (Wildman–Crippen MR) is 85.8 cm³/mol. The number of piperidine rings is 1. The summed E-state index contributed by atoms with van der Waals surface area (Å²) in [5.74, 6) is 1.67. The number of rotatable bonds is 3. The zero-order chi connectivity index (χ0) is 15.0. The highest BCUT2D eigenvalue weighted by Crippen LogP contribution is 2.36. The van der Waals surface area contributed by atoms with Crippen molar-refractivity contribution in [2.75, 3.05) is 44.4 Å². The minimum Gasteiger partial charge on any atom is -0.329 e. The van der Waals surface area contributed by atoms with Gasteiger partial charge in [-0.2, -0.15) is 11.8 Å². The van der Waals surface area contributed by atoms with E-state index in [4.69, 9.17) is 5.73 Å². The lowest BCUT2D eigenvalue weighted by atomic mass is 9.82. The van der Waals surface area contributed by atoms with Crippen molar-refractivity contribution in [1.82, 2.24) is 9.80 Å². The van der Waals surface area contributed by atoms with Crippen molar-refractivity contribution in [3.8, 4) is 0 Å². The average molecular weight is 322 g/mol. The molecule has 2 rings (SSSR count). The quantitative estimate of drug-likeness (QED) is 0.802. The van der Waals surface area contributed by atoms with Crippen LogP contribution in [0.2, 0.25) is 0 Å². The second-order valence-corrected chi connectivity index (χ2v) is 9.62. The second kappa shape index (κ2) is 6.12. The topological polar surface area (TPSA) is 66.6 Å². The fourth-order valence-corrected chi connectivity index (χ4v) is 6.40. The molecule has 2 fully saturated rings. The van der Waals surface area contributed by atoms with Gasteiger partial charge in [0.1, 0.15) is 5.37 Å². The van der Waals surface area contributed by atoms with E-state index in [9.17, 15) is 8.42 Å². The zero-order valence-electron chi connectivity index (χ0n) is 12.7. The molecule has 0 aliphatic carbocycles. The molecule has 3 atom stereocenters. The first-order valence-electron chi connectivity index (χ1n) is 7.24. The Kier molecular flexibility index (Phi) is 5.07. The normalized spacial score (nSPS) is 38.0. The molecule has 2 heterocycles. The number of sulfone groups is 1. The minimum absolute atomic E-state index is 0.152. The van der Waals surface area contributed by atoms with Crippen LogP contribution in [0.25, 0.3) is 0 Å². The van der Waals surface area contributed by atoms with Crippen LogP contribution in [0.15, 0.2) is 0 Å². The molecule has 2 N–H and O–H groups in total. The van der Waals surface area contributed by atoms with Gasteiger partial charge in [0.05, 0.1) is 0 Å². The highest BCUT2D eigenvalue weighted by molar-refractivity contribution is 8.00. The molecule has 0 aromatic carbocycles. The van der Waals surface area contributed by atoms with Crippen LogP contribution < -0.4 is 5.73 Å². The maximum absolute atomic E-state index is 12.1. The number of nitrogens with zero attached hydrogens (tertiary/aromatic N) is 2. The largest absolute Gasteiger partial charge is 0.329 e. The van der Waals surface area contributed by atoms with Gasteiger partial charge in [0.25, 0.3) is 0 Å². The van der Waals surface area contributed by atoms with Crippen molar-refractivity contribution >= 4 is 21.6 Å². The van der Waals surface area contributed by atoms with Gasteiger partial charge in [-0.25, -0.2) is 8.42 Å². The van der Waals surface area contributed by atoms with E-state index in [0.717, 1.165) is 31.7 Å². The summed E-state index contributed by atoms with van der Waals surface area (Å²) in [5, 5.41) is -0.375. The van der Waals surface area contributed by atoms with E-state index >= 15 is 0 Å². The Balaban J connectivity index is 2.29. The van der Waals surface area contributed by atoms with E-state index in [2.05, 4.69) is 23.8 Å². The van der Waals surface area contributed by atoms with E-state index < -0.39 is 9.84 Å². The van der Waals surface area contributed by atoms with Crippen molar-refractivity contribution in [3.05, 3.63) is 0 Å². The third-order valence-corrected chi connectivity index (χ3v) is 7.57. The predicted octanol–water partition coefficient (Wildman–Crippen LogP) is 0.218. The summed E-state index contributed by atoms with van der Waals surface area (Å²) < 4.78 is 24.3. The first kappa shape index (κ1) is 16.5. The summed E-state index contributed by atoms with van der Waals surface area (Å²) in [5.41, 5.74) is 5.97. The molecular weight excluding hydrogens is 294 g/mol. The maximum Gasteiger partial charge on any atom is 0.164 e. The van der Waals surface area contributed by atoms with Crippen LogP contribution in [-0.2, 0) is 9.84 Å². The smallest absolute Gasteiger partial charge is 0.164 e. The summed E-state index contributed by atoms with van der Waals surface area (Å²) in [6.45, 7) is 4.56. The van der Waals surface area contributed by atoms with Crippen LogP contribution in [0.5, 0.6) is 0 Å². The van der Waals surface area contributed by atoms with Gasteiger partial charge < -0.3 is 10.6 Å². The van der Waals surface area contributed by atoms with Gasteiger partial charge in [0.15, 0.2) is 9.84 Å². The standard InChI is InChI=1S/C13H27N3O2S2/c1-11-8-13(10-14,4-5-15(11)2)16-6-7-19-9-12(16)20(3,17)18/h11-12H,4-10,14H2,1-3H3. The van der Waals surface area contributed by atoms with Gasteiger partial charge in [0.2, 0.25) is 0 Å². The Hall–Kier alpha value is 0.180. The van der Waals surface area contributed by atoms with E-state index in [1.54, 1.807) is 11.8 Å². The van der Waals surface area contributed by atoms with Crippen molar-refractivity contribution in [2.24, 2.45) is 5.73 Å². The van der Waals surface area contributed by atoms with Gasteiger partial charge in [-0.1, -0.05) is 0 Å². The molecule has 2 aliphatic rings. The molecule has 0 amide bonds. The number of nitrogens with two attached hydrogens (primary N) is 1. The highest BCUT2D eigenvalue weighted by Gasteiger charge is 2.46. The zero-order valence-corrected chi connectivity index (χ0v) is 14.3. The van der Waals surface area contributed by atoms with Crippen molar-refractivity contribution < 1.29 is 8.42 Å². The number of thioether (sulfide) groups is 1. The minimum atomic E-state index is -3.07. The molecule has 20 heavy (non-hydrogen) atoms. The number of hydrogen-bond acceptors (Lipinski definition) is 6. The molecule has 7 heteroatoms. The van der Waals surface area contributed by atoms with Crippen molar-refractivity contribution in [3.63, 3.8) is 0 Å². The van der Waals surface area contributed by atoms with E-state index in [-0.39, 0.29) is 10.9 Å². The highest BCUT2D eigenvalue weighted by atomic mass is 32.2. The fraction of sp³-hybridized carbons (Fsp3) is 1.00. The van der Waals surface area contributed by atoms with E-state index in [1.807, 2.05) is 0 Å². The summed E-state index contributed by atoms with van der Waals surface area (Å²) in [6, 6.07) is 0.446. The third-order valence-electron chi connectivity index (χ3n) is 4.93. The molecule has 3 unspecified atom stereocenters. The molecular formula is C13H27N3O2S2. The Morgan fingerprint density at radius 3 is 2.65 bits per heavy atom. The monoisotopic (exact) mass is 321 g/mol. The molecule has 0 aromatic heterocycles. The SMILES string of the molecule is CC1CC(CN)(N2CCSCC2S(C)(=O)=O)CCN1C. The third kappa shape index (κ3) is 3.16. The van der Waals surface area contributed by atoms with Crippen LogP contribution in [0.3, 0.4) is 0 Å². The van der Waals surface area contributed by atoms with Gasteiger partial charge in [-0.05, 0) is 33.4 Å². The Morgan fingerprint density at radius 2 is 2.10 bits per heavy atom. The second-order valence-electron chi connectivity index (χ2n) is 6.26. The molecule has 0 spiro atoms. The molecule has 0 bridgehead atoms. The Morgan fingerprint density at radius 1 is 1.40 bits per heavy atom. The van der Waals surface area contributed by atoms with E-state index in [0.29, 0.717) is 18.3 Å². The fourth-order valence-electron chi connectivity index (χ4n) is 3.45. The van der Waals surface area contributed by atoms with Gasteiger partial charge >= 0.3 is 0 Å². The van der Waals surface area contributed by atoms with Crippen molar-refractivity contribution in [2.45, 2.75) is 36.7 Å². The lowest BCUT2D eigenvalue weighted by Gasteiger charge is -2.53. The molecule has 2 aliphatic heterocycles. The summed E-state index contributed by atoms with van der Waals surface area (Å²) in [4.78, 5) is 4.55. The number of likely N-dealkylation sites (tertiary alicyclic amines) is 1. The molecule has 2 saturated heterocycles. The van der Waals surface area contributed by atoms with Crippen LogP contribution in [0.4, 0.5) is 0 Å². The molecule has 0 radical (unpaired) electrons. The van der Waals surface area contributed by atoms with Crippen LogP contribution in [0, 0.1) is 0 Å². The average Bonchev–Trinajstić information content (AvgIpc) is 2.41. The van der Waals surface area contributed by atoms with Crippen LogP contribution in [0.1, 0.15) is 19.8 Å². The summed E-state index contributed by atoms with van der Waals surface area (Å²) in [6.07, 6.45) is 3.27. The van der Waals surface area contributed by atoms with Gasteiger partial charge in [-0.15, -0.1) is 0 Å². The number of hydrogen-bond donors (Lipinski definition) is 1. The first-order chi connectivity index (χ1) is 9.30. The van der Waals surface area contributed by atoms with Crippen LogP contribution >= 0.6 is 11.8 Å². The summed E-state index contributed by atoms with van der Waals surface area (Å²) in [7, 11) is -0.938. The lowest BCUT2D eigenvalue weighted by molar-refractivity contribution is 0.00760. The Bertz CT molecular complexity index is 443. The molecule has 0 aromatic rings. The summed E-state index contributed by atoms with van der Waals surface area (Å²) >= 11 is 1.74. The molecule has 5 nitrogen and oxygen atoms in total. The first-order valence-corrected chi connectivity index (χ1v) is 10.3. The molecule has 0 saturated carbocycles. The van der Waals surface area contributed by atoms with E-state index in [1.165, 1.54) is 6.26 Å². The van der Waals surface area contributed by atoms with Crippen LogP contribution in [-0.4, -0.2) is 79.6 Å². The van der Waals surface area contributed by atoms with Gasteiger partial charge in [-0.3, -0.25) is 4.90 Å².